The largest absolute Gasteiger partial charge is 0.477 e. The maximum Gasteiger partial charge on any atom is 0.341 e. The fraction of sp³-hybridized carbons (Fsp3) is 0.273. The first-order valence-electron chi connectivity index (χ1n) is 4.69. The summed E-state index contributed by atoms with van der Waals surface area (Å²) in [6.07, 6.45) is 6.52. The summed E-state index contributed by atoms with van der Waals surface area (Å²) >= 11 is 0. The minimum Gasteiger partial charge on any atom is -0.477 e. The molecule has 1 N–H and O–H groups in total. The van der Waals surface area contributed by atoms with E-state index in [1.807, 2.05) is 0 Å². The molecule has 0 bridgehead atoms. The van der Waals surface area contributed by atoms with Crippen LogP contribution in [0.4, 0.5) is 0 Å². The molecule has 0 aromatic carbocycles. The van der Waals surface area contributed by atoms with Crippen molar-refractivity contribution in [3.63, 3.8) is 0 Å². The zero-order chi connectivity index (χ0) is 11.3. The number of hydrogen-bond acceptors (Lipinski definition) is 2. The molecule has 0 aliphatic carbocycles. The first-order chi connectivity index (χ1) is 7.15. The van der Waals surface area contributed by atoms with Crippen molar-refractivity contribution < 1.29 is 9.90 Å². The third kappa shape index (κ3) is 3.09. The minimum atomic E-state index is -1.18. The molecule has 0 atom stereocenters. The smallest absolute Gasteiger partial charge is 0.341 e. The molecule has 0 aliphatic heterocycles. The number of unbranched alkanes of at least 4 members (excludes halogenated alkanes) is 1. The number of rotatable bonds is 5. The second-order valence-corrected chi connectivity index (χ2v) is 3.20. The van der Waals surface area contributed by atoms with Gasteiger partial charge in [-0.25, -0.2) is 4.79 Å². The summed E-state index contributed by atoms with van der Waals surface area (Å²) in [4.78, 5) is 21.8. The van der Waals surface area contributed by atoms with Crippen LogP contribution in [0.5, 0.6) is 0 Å². The first-order valence-corrected chi connectivity index (χ1v) is 4.69. The maximum absolute atomic E-state index is 11.1. The highest BCUT2D eigenvalue weighted by atomic mass is 16.4. The molecule has 0 spiro atoms. The van der Waals surface area contributed by atoms with Crippen LogP contribution in [-0.4, -0.2) is 15.6 Å². The monoisotopic (exact) mass is 207 g/mol. The van der Waals surface area contributed by atoms with Crippen LogP contribution in [0.3, 0.4) is 0 Å². The minimum absolute atomic E-state index is 0.184. The van der Waals surface area contributed by atoms with E-state index in [9.17, 15) is 9.59 Å². The Morgan fingerprint density at radius 3 is 2.93 bits per heavy atom. The van der Waals surface area contributed by atoms with E-state index in [1.54, 1.807) is 16.8 Å². The molecule has 15 heavy (non-hydrogen) atoms. The molecular weight excluding hydrogens is 194 g/mol. The first kappa shape index (κ1) is 11.2. The quantitative estimate of drug-likeness (QED) is 0.588. The van der Waals surface area contributed by atoms with Gasteiger partial charge in [0.1, 0.15) is 5.56 Å². The summed E-state index contributed by atoms with van der Waals surface area (Å²) in [6.45, 7) is 4.29. The molecule has 0 amide bonds. The van der Waals surface area contributed by atoms with E-state index in [0.717, 1.165) is 12.8 Å². The van der Waals surface area contributed by atoms with Crippen LogP contribution in [-0.2, 0) is 6.54 Å². The number of pyridine rings is 1. The van der Waals surface area contributed by atoms with Crippen molar-refractivity contribution in [3.05, 3.63) is 46.9 Å². The zero-order valence-corrected chi connectivity index (χ0v) is 8.35. The molecule has 1 aromatic rings. The molecule has 0 unspecified atom stereocenters. The standard InChI is InChI=1S/C11H13NO3/c1-2-3-4-6-12-7-5-10(13)9(8-12)11(14)15/h2,5,7-8H,1,3-4,6H2,(H,14,15). The van der Waals surface area contributed by atoms with Crippen LogP contribution in [0.2, 0.25) is 0 Å². The Morgan fingerprint density at radius 2 is 2.33 bits per heavy atom. The predicted molar refractivity (Wildman–Crippen MR) is 57.1 cm³/mol. The third-order valence-electron chi connectivity index (χ3n) is 2.03. The van der Waals surface area contributed by atoms with Crippen LogP contribution < -0.4 is 5.43 Å². The van der Waals surface area contributed by atoms with Gasteiger partial charge in [-0.05, 0) is 12.8 Å². The van der Waals surface area contributed by atoms with Gasteiger partial charge in [-0.3, -0.25) is 4.79 Å². The van der Waals surface area contributed by atoms with E-state index < -0.39 is 11.4 Å². The summed E-state index contributed by atoms with van der Waals surface area (Å²) in [7, 11) is 0. The van der Waals surface area contributed by atoms with Crippen LogP contribution in [0.1, 0.15) is 23.2 Å². The van der Waals surface area contributed by atoms with E-state index in [-0.39, 0.29) is 5.56 Å². The van der Waals surface area contributed by atoms with E-state index >= 15 is 0 Å². The molecule has 4 nitrogen and oxygen atoms in total. The molecule has 0 radical (unpaired) electrons. The molecule has 1 heterocycles. The van der Waals surface area contributed by atoms with Gasteiger partial charge in [0.2, 0.25) is 0 Å². The van der Waals surface area contributed by atoms with Gasteiger partial charge in [-0.15, -0.1) is 6.58 Å². The Bertz CT molecular complexity index is 420. The van der Waals surface area contributed by atoms with E-state index in [0.29, 0.717) is 6.54 Å². The van der Waals surface area contributed by atoms with Crippen molar-refractivity contribution in [1.82, 2.24) is 4.57 Å². The second-order valence-electron chi connectivity index (χ2n) is 3.20. The second kappa shape index (κ2) is 5.14. The van der Waals surface area contributed by atoms with Crippen molar-refractivity contribution in [2.24, 2.45) is 0 Å². The summed E-state index contributed by atoms with van der Waals surface area (Å²) in [5, 5.41) is 8.73. The van der Waals surface area contributed by atoms with Gasteiger partial charge in [0.05, 0.1) is 0 Å². The van der Waals surface area contributed by atoms with Crippen LogP contribution >= 0.6 is 0 Å². The molecule has 0 aliphatic rings. The Labute approximate surface area is 87.5 Å². The van der Waals surface area contributed by atoms with Gasteiger partial charge in [-0.2, -0.15) is 0 Å². The topological polar surface area (TPSA) is 59.3 Å². The number of nitrogens with zero attached hydrogens (tertiary/aromatic N) is 1. The highest BCUT2D eigenvalue weighted by Gasteiger charge is 2.07. The summed E-state index contributed by atoms with van der Waals surface area (Å²) < 4.78 is 1.70. The van der Waals surface area contributed by atoms with Gasteiger partial charge in [-0.1, -0.05) is 6.08 Å². The van der Waals surface area contributed by atoms with E-state index in [4.69, 9.17) is 5.11 Å². The molecule has 1 rings (SSSR count). The number of hydrogen-bond donors (Lipinski definition) is 1. The maximum atomic E-state index is 11.1. The lowest BCUT2D eigenvalue weighted by Crippen LogP contribution is -2.16. The lowest BCUT2D eigenvalue weighted by molar-refractivity contribution is 0.0694. The normalized spacial score (nSPS) is 9.87. The number of allylic oxidation sites excluding steroid dienone is 1. The lowest BCUT2D eigenvalue weighted by atomic mass is 10.2. The van der Waals surface area contributed by atoms with Crippen LogP contribution in [0, 0.1) is 0 Å². The summed E-state index contributed by atoms with van der Waals surface area (Å²) in [6, 6.07) is 1.28. The molecule has 80 valence electrons. The van der Waals surface area contributed by atoms with Crippen molar-refractivity contribution >= 4 is 5.97 Å². The Balaban J connectivity index is 2.83. The van der Waals surface area contributed by atoms with Gasteiger partial charge in [0.25, 0.3) is 0 Å². The third-order valence-corrected chi connectivity index (χ3v) is 2.03. The number of carboxylic acids is 1. The Hall–Kier alpha value is -1.84. The van der Waals surface area contributed by atoms with Crippen LogP contribution in [0.15, 0.2) is 35.9 Å². The van der Waals surface area contributed by atoms with E-state index in [2.05, 4.69) is 6.58 Å². The number of carboxylic acid groups (broad SMARTS) is 1. The molecule has 0 fully saturated rings. The van der Waals surface area contributed by atoms with Gasteiger partial charge >= 0.3 is 5.97 Å². The zero-order valence-electron chi connectivity index (χ0n) is 8.35. The van der Waals surface area contributed by atoms with Crippen molar-refractivity contribution in [3.8, 4) is 0 Å². The lowest BCUT2D eigenvalue weighted by Gasteiger charge is -2.05. The van der Waals surface area contributed by atoms with E-state index in [1.165, 1.54) is 12.3 Å². The average Bonchev–Trinajstić information content (AvgIpc) is 2.20. The van der Waals surface area contributed by atoms with Crippen LogP contribution in [0.25, 0.3) is 0 Å². The molecule has 0 saturated carbocycles. The molecule has 0 saturated heterocycles. The number of aromatic nitrogens is 1. The van der Waals surface area contributed by atoms with Gasteiger partial charge < -0.3 is 9.67 Å². The Kier molecular flexibility index (Phi) is 3.85. The Morgan fingerprint density at radius 1 is 1.60 bits per heavy atom. The highest BCUT2D eigenvalue weighted by molar-refractivity contribution is 5.86. The summed E-state index contributed by atoms with van der Waals surface area (Å²) in [5.41, 5.74) is -0.640. The highest BCUT2D eigenvalue weighted by Crippen LogP contribution is 1.98. The number of aryl methyl sites for hydroxylation is 1. The van der Waals surface area contributed by atoms with Gasteiger partial charge in [0, 0.05) is 25.0 Å². The van der Waals surface area contributed by atoms with Crippen molar-refractivity contribution in [1.29, 1.82) is 0 Å². The van der Waals surface area contributed by atoms with Crippen molar-refractivity contribution in [2.75, 3.05) is 0 Å². The molecule has 4 heteroatoms. The fourth-order valence-electron chi connectivity index (χ4n) is 1.24. The van der Waals surface area contributed by atoms with Crippen molar-refractivity contribution in [2.45, 2.75) is 19.4 Å². The predicted octanol–water partition coefficient (Wildman–Crippen LogP) is 1.51. The molecule has 1 aromatic heterocycles. The summed E-state index contributed by atoms with van der Waals surface area (Å²) in [5.74, 6) is -1.18. The molecular formula is C11H13NO3. The SMILES string of the molecule is C=CCCCn1ccc(=O)c(C(=O)O)c1. The number of carbonyl (C=O) groups is 1. The average molecular weight is 207 g/mol. The number of aromatic carboxylic acids is 1. The van der Waals surface area contributed by atoms with Gasteiger partial charge in [0.15, 0.2) is 5.43 Å². The fourth-order valence-corrected chi connectivity index (χ4v) is 1.24.